The molecule has 6 N–H and O–H groups in total. The van der Waals surface area contributed by atoms with Crippen molar-refractivity contribution < 1.29 is 24.3 Å². The van der Waals surface area contributed by atoms with E-state index in [0.717, 1.165) is 0 Å². The van der Waals surface area contributed by atoms with E-state index < -0.39 is 36.2 Å². The lowest BCUT2D eigenvalue weighted by Gasteiger charge is -2.12. The van der Waals surface area contributed by atoms with Crippen LogP contribution in [-0.4, -0.2) is 34.8 Å². The summed E-state index contributed by atoms with van der Waals surface area (Å²) >= 11 is 0. The lowest BCUT2D eigenvalue weighted by molar-refractivity contribution is -0.140. The van der Waals surface area contributed by atoms with Crippen LogP contribution in [0.15, 0.2) is 24.3 Å². The highest BCUT2D eigenvalue weighted by atomic mass is 16.4. The molecule has 0 radical (unpaired) electrons. The molecule has 3 amide bonds. The average molecular weight is 279 g/mol. The van der Waals surface area contributed by atoms with E-state index in [9.17, 15) is 19.2 Å². The maximum atomic E-state index is 11.8. The number of nitrogens with one attached hydrogen (secondary N) is 1. The van der Waals surface area contributed by atoms with Crippen LogP contribution in [0.2, 0.25) is 0 Å². The number of benzene rings is 1. The van der Waals surface area contributed by atoms with E-state index in [1.165, 1.54) is 24.3 Å². The molecule has 0 aromatic heterocycles. The Kier molecular flexibility index (Phi) is 4.79. The van der Waals surface area contributed by atoms with Crippen molar-refractivity contribution in [1.29, 1.82) is 0 Å². The van der Waals surface area contributed by atoms with Gasteiger partial charge in [0.05, 0.1) is 6.42 Å². The minimum atomic E-state index is -1.41. The zero-order chi connectivity index (χ0) is 15.3. The molecule has 0 saturated carbocycles. The number of carbonyl (C=O) groups is 4. The fourth-order valence-corrected chi connectivity index (χ4v) is 1.43. The number of nitrogens with two attached hydrogens (primary N) is 2. The molecule has 1 atom stereocenters. The molecule has 0 fully saturated rings. The third-order valence-corrected chi connectivity index (χ3v) is 2.44. The van der Waals surface area contributed by atoms with Gasteiger partial charge in [-0.1, -0.05) is 0 Å². The largest absolute Gasteiger partial charge is 0.480 e. The fraction of sp³-hybridized carbons (Fsp3) is 0.167. The number of aliphatic carboxylic acids is 1. The molecule has 1 rings (SSSR count). The highest BCUT2D eigenvalue weighted by molar-refractivity contribution is 5.99. The van der Waals surface area contributed by atoms with Crippen LogP contribution < -0.4 is 16.8 Å². The second kappa shape index (κ2) is 6.32. The van der Waals surface area contributed by atoms with E-state index in [1.54, 1.807) is 0 Å². The van der Waals surface area contributed by atoms with Crippen LogP contribution in [0.4, 0.5) is 0 Å². The quantitative estimate of drug-likeness (QED) is 0.517. The van der Waals surface area contributed by atoms with E-state index in [-0.39, 0.29) is 11.1 Å². The first-order chi connectivity index (χ1) is 9.31. The highest BCUT2D eigenvalue weighted by Gasteiger charge is 2.22. The number of carboxylic acids is 1. The minimum Gasteiger partial charge on any atom is -0.480 e. The van der Waals surface area contributed by atoms with Gasteiger partial charge in [0.25, 0.3) is 5.91 Å². The van der Waals surface area contributed by atoms with Crippen molar-refractivity contribution in [2.24, 2.45) is 11.5 Å². The van der Waals surface area contributed by atoms with Gasteiger partial charge in [-0.25, -0.2) is 4.79 Å². The standard InChI is InChI=1S/C12H13N3O5/c13-9(16)5-8(12(19)20)15-11(18)7-3-1-6(2-4-7)10(14)17/h1-4,8H,5H2,(H2,13,16)(H2,14,17)(H,15,18)(H,19,20). The molecule has 0 saturated heterocycles. The van der Waals surface area contributed by atoms with Crippen LogP contribution in [0.25, 0.3) is 0 Å². The first kappa shape index (κ1) is 15.2. The minimum absolute atomic E-state index is 0.130. The molecule has 0 bridgehead atoms. The van der Waals surface area contributed by atoms with Gasteiger partial charge in [0.15, 0.2) is 0 Å². The van der Waals surface area contributed by atoms with Gasteiger partial charge in [-0.05, 0) is 24.3 Å². The van der Waals surface area contributed by atoms with Crippen molar-refractivity contribution >= 4 is 23.7 Å². The molecule has 8 heteroatoms. The third kappa shape index (κ3) is 4.09. The smallest absolute Gasteiger partial charge is 0.326 e. The Morgan fingerprint density at radius 3 is 1.95 bits per heavy atom. The fourth-order valence-electron chi connectivity index (χ4n) is 1.43. The van der Waals surface area contributed by atoms with Crippen molar-refractivity contribution in [3.05, 3.63) is 35.4 Å². The molecule has 1 aromatic rings. The summed E-state index contributed by atoms with van der Waals surface area (Å²) in [7, 11) is 0. The van der Waals surface area contributed by atoms with E-state index in [1.807, 2.05) is 0 Å². The Bertz CT molecular complexity index is 553. The van der Waals surface area contributed by atoms with Crippen LogP contribution in [0, 0.1) is 0 Å². The lowest BCUT2D eigenvalue weighted by Crippen LogP contribution is -2.43. The van der Waals surface area contributed by atoms with Crippen molar-refractivity contribution in [2.45, 2.75) is 12.5 Å². The number of hydrogen-bond acceptors (Lipinski definition) is 4. The molecule has 0 heterocycles. The Labute approximate surface area is 113 Å². The number of primary amides is 2. The topological polar surface area (TPSA) is 153 Å². The summed E-state index contributed by atoms with van der Waals surface area (Å²) in [6, 6.07) is 3.90. The molecule has 0 aliphatic carbocycles. The van der Waals surface area contributed by atoms with Gasteiger partial charge in [0.2, 0.25) is 11.8 Å². The van der Waals surface area contributed by atoms with Gasteiger partial charge >= 0.3 is 5.97 Å². The molecule has 8 nitrogen and oxygen atoms in total. The zero-order valence-electron chi connectivity index (χ0n) is 10.3. The number of hydrogen-bond donors (Lipinski definition) is 4. The van der Waals surface area contributed by atoms with Crippen molar-refractivity contribution in [3.63, 3.8) is 0 Å². The van der Waals surface area contributed by atoms with Crippen LogP contribution in [-0.2, 0) is 9.59 Å². The zero-order valence-corrected chi connectivity index (χ0v) is 10.3. The lowest BCUT2D eigenvalue weighted by atomic mass is 10.1. The summed E-state index contributed by atoms with van der Waals surface area (Å²) < 4.78 is 0. The Morgan fingerprint density at radius 2 is 1.55 bits per heavy atom. The van der Waals surface area contributed by atoms with Gasteiger partial charge in [-0.3, -0.25) is 14.4 Å². The van der Waals surface area contributed by atoms with Crippen LogP contribution in [0.5, 0.6) is 0 Å². The predicted octanol–water partition coefficient (Wildman–Crippen LogP) is -1.16. The summed E-state index contributed by atoms with van der Waals surface area (Å²) in [6.45, 7) is 0. The maximum Gasteiger partial charge on any atom is 0.326 e. The number of rotatable bonds is 6. The van der Waals surface area contributed by atoms with Gasteiger partial charge in [0.1, 0.15) is 6.04 Å². The molecule has 0 aliphatic heterocycles. The van der Waals surface area contributed by atoms with Crippen molar-refractivity contribution in [3.8, 4) is 0 Å². The summed E-state index contributed by atoms with van der Waals surface area (Å²) in [5.41, 5.74) is 10.3. The van der Waals surface area contributed by atoms with Gasteiger partial charge in [-0.15, -0.1) is 0 Å². The van der Waals surface area contributed by atoms with Crippen LogP contribution in [0.1, 0.15) is 27.1 Å². The molecule has 106 valence electrons. The van der Waals surface area contributed by atoms with Crippen molar-refractivity contribution in [2.75, 3.05) is 0 Å². The number of carboxylic acid groups (broad SMARTS) is 1. The van der Waals surface area contributed by atoms with Gasteiger partial charge < -0.3 is 21.9 Å². The molecule has 0 spiro atoms. The highest BCUT2D eigenvalue weighted by Crippen LogP contribution is 2.05. The Hall–Kier alpha value is -2.90. The van der Waals surface area contributed by atoms with E-state index in [2.05, 4.69) is 5.32 Å². The Morgan fingerprint density at radius 1 is 1.05 bits per heavy atom. The van der Waals surface area contributed by atoms with Crippen LogP contribution >= 0.6 is 0 Å². The van der Waals surface area contributed by atoms with E-state index >= 15 is 0 Å². The summed E-state index contributed by atoms with van der Waals surface area (Å²) in [6.07, 6.45) is -0.513. The first-order valence-electron chi connectivity index (χ1n) is 5.53. The second-order valence-electron chi connectivity index (χ2n) is 3.98. The molecular formula is C12H13N3O5. The SMILES string of the molecule is NC(=O)CC(NC(=O)c1ccc(C(N)=O)cc1)C(=O)O. The molecule has 20 heavy (non-hydrogen) atoms. The first-order valence-corrected chi connectivity index (χ1v) is 5.53. The predicted molar refractivity (Wildman–Crippen MR) is 67.7 cm³/mol. The molecule has 1 aromatic carbocycles. The normalized spacial score (nSPS) is 11.4. The molecular weight excluding hydrogens is 266 g/mol. The summed E-state index contributed by atoms with van der Waals surface area (Å²) in [5.74, 6) is -3.56. The third-order valence-electron chi connectivity index (χ3n) is 2.44. The average Bonchev–Trinajstić information content (AvgIpc) is 2.37. The number of amides is 3. The molecule has 1 unspecified atom stereocenters. The van der Waals surface area contributed by atoms with Crippen LogP contribution in [0.3, 0.4) is 0 Å². The molecule has 0 aliphatic rings. The van der Waals surface area contributed by atoms with Gasteiger partial charge in [-0.2, -0.15) is 0 Å². The van der Waals surface area contributed by atoms with Gasteiger partial charge in [0, 0.05) is 11.1 Å². The summed E-state index contributed by atoms with van der Waals surface area (Å²) in [5, 5.41) is 11.0. The number of carbonyl (C=O) groups excluding carboxylic acids is 3. The van der Waals surface area contributed by atoms with Crippen molar-refractivity contribution in [1.82, 2.24) is 5.32 Å². The maximum absolute atomic E-state index is 11.8. The summed E-state index contributed by atoms with van der Waals surface area (Å²) in [4.78, 5) is 44.2. The Balaban J connectivity index is 2.80. The van der Waals surface area contributed by atoms with E-state index in [4.69, 9.17) is 16.6 Å². The van der Waals surface area contributed by atoms with E-state index in [0.29, 0.717) is 0 Å². The second-order valence-corrected chi connectivity index (χ2v) is 3.98. The monoisotopic (exact) mass is 279 g/mol.